The minimum atomic E-state index is -0.840. The predicted octanol–water partition coefficient (Wildman–Crippen LogP) is 5.96. The van der Waals surface area contributed by atoms with E-state index in [0.29, 0.717) is 22.6 Å². The normalized spacial score (nSPS) is 13.5. The number of hydrogen-bond acceptors (Lipinski definition) is 4. The van der Waals surface area contributed by atoms with Crippen LogP contribution in [0.3, 0.4) is 0 Å². The second kappa shape index (κ2) is 8.63. The lowest BCUT2D eigenvalue weighted by molar-refractivity contribution is -0.150. The standard InChI is InChI=1S/C24H27ClN2O4/c1-6-24(5,16-10-12-17(25)13-11-16)21(28)31-27-15-14-18-19(8-7-9-20(18)27)26-22(29)30-23(2,3)4/h7-15H,6H2,1-5H3,(H,26,29). The Morgan fingerprint density at radius 3 is 2.32 bits per heavy atom. The van der Waals surface area contributed by atoms with Gasteiger partial charge in [0, 0.05) is 16.6 Å². The lowest BCUT2D eigenvalue weighted by Gasteiger charge is -2.26. The lowest BCUT2D eigenvalue weighted by atomic mass is 9.80. The van der Waals surface area contributed by atoms with Crippen molar-refractivity contribution in [2.24, 2.45) is 0 Å². The Balaban J connectivity index is 1.86. The molecule has 7 heteroatoms. The van der Waals surface area contributed by atoms with E-state index in [2.05, 4.69) is 5.32 Å². The van der Waals surface area contributed by atoms with Crippen molar-refractivity contribution in [3.05, 3.63) is 65.3 Å². The maximum atomic E-state index is 13.1. The molecule has 164 valence electrons. The highest BCUT2D eigenvalue weighted by Gasteiger charge is 2.36. The number of carbonyl (C=O) groups is 2. The maximum absolute atomic E-state index is 13.1. The minimum Gasteiger partial charge on any atom is -0.444 e. The largest absolute Gasteiger partial charge is 0.444 e. The van der Waals surface area contributed by atoms with Crippen molar-refractivity contribution < 1.29 is 19.2 Å². The predicted molar refractivity (Wildman–Crippen MR) is 122 cm³/mol. The molecule has 1 amide bonds. The van der Waals surface area contributed by atoms with Crippen molar-refractivity contribution in [3.63, 3.8) is 0 Å². The van der Waals surface area contributed by atoms with Gasteiger partial charge in [0.2, 0.25) is 0 Å². The molecule has 0 bridgehead atoms. The number of anilines is 1. The van der Waals surface area contributed by atoms with Gasteiger partial charge in [0.1, 0.15) is 5.60 Å². The van der Waals surface area contributed by atoms with Gasteiger partial charge < -0.3 is 9.57 Å². The molecule has 1 heterocycles. The van der Waals surface area contributed by atoms with Crippen LogP contribution >= 0.6 is 11.6 Å². The van der Waals surface area contributed by atoms with Gasteiger partial charge in [-0.15, -0.1) is 0 Å². The van der Waals surface area contributed by atoms with Crippen LogP contribution < -0.4 is 10.2 Å². The Labute approximate surface area is 187 Å². The van der Waals surface area contributed by atoms with E-state index in [9.17, 15) is 9.59 Å². The summed E-state index contributed by atoms with van der Waals surface area (Å²) in [5, 5.41) is 4.09. The fourth-order valence-corrected chi connectivity index (χ4v) is 3.35. The quantitative estimate of drug-likeness (QED) is 0.528. The van der Waals surface area contributed by atoms with Crippen molar-refractivity contribution in [3.8, 4) is 0 Å². The fourth-order valence-electron chi connectivity index (χ4n) is 3.22. The van der Waals surface area contributed by atoms with Crippen LogP contribution in [0.15, 0.2) is 54.7 Å². The SMILES string of the molecule is CCC(C)(C(=O)On1ccc2c(NC(=O)OC(C)(C)C)cccc21)c1ccc(Cl)cc1. The second-order valence-corrected chi connectivity index (χ2v) is 9.01. The highest BCUT2D eigenvalue weighted by Crippen LogP contribution is 2.30. The van der Waals surface area contributed by atoms with Gasteiger partial charge in [-0.05, 0) is 70.0 Å². The molecule has 1 atom stereocenters. The molecule has 1 unspecified atom stereocenters. The third kappa shape index (κ3) is 5.02. The summed E-state index contributed by atoms with van der Waals surface area (Å²) in [6, 6.07) is 14.3. The summed E-state index contributed by atoms with van der Waals surface area (Å²) in [5.41, 5.74) is 0.598. The topological polar surface area (TPSA) is 69.6 Å². The molecule has 0 saturated carbocycles. The van der Waals surface area contributed by atoms with E-state index in [1.165, 1.54) is 4.73 Å². The lowest BCUT2D eigenvalue weighted by Crippen LogP contribution is -2.38. The summed E-state index contributed by atoms with van der Waals surface area (Å²) in [6.45, 7) is 9.18. The number of hydrogen-bond donors (Lipinski definition) is 1. The Kier molecular flexibility index (Phi) is 6.32. The zero-order valence-electron chi connectivity index (χ0n) is 18.4. The van der Waals surface area contributed by atoms with Crippen molar-refractivity contribution in [1.82, 2.24) is 4.73 Å². The fraction of sp³-hybridized carbons (Fsp3) is 0.333. The number of amides is 1. The average molecular weight is 443 g/mol. The number of nitrogens with zero attached hydrogens (tertiary/aromatic N) is 1. The Bertz CT molecular complexity index is 1100. The van der Waals surface area contributed by atoms with Crippen LogP contribution in [0, 0.1) is 0 Å². The zero-order valence-corrected chi connectivity index (χ0v) is 19.1. The number of benzene rings is 2. The van der Waals surface area contributed by atoms with E-state index in [1.54, 1.807) is 57.3 Å². The van der Waals surface area contributed by atoms with Crippen LogP contribution in [0.5, 0.6) is 0 Å². The molecule has 0 aliphatic carbocycles. The number of halogens is 1. The molecular formula is C24H27ClN2O4. The molecule has 0 aliphatic rings. The first-order valence-corrected chi connectivity index (χ1v) is 10.5. The molecule has 0 spiro atoms. The highest BCUT2D eigenvalue weighted by atomic mass is 35.5. The molecule has 31 heavy (non-hydrogen) atoms. The van der Waals surface area contributed by atoms with Gasteiger partial charge in [0.25, 0.3) is 0 Å². The van der Waals surface area contributed by atoms with Crippen LogP contribution in [0.1, 0.15) is 46.6 Å². The summed E-state index contributed by atoms with van der Waals surface area (Å²) < 4.78 is 6.75. The van der Waals surface area contributed by atoms with Crippen LogP contribution in [-0.4, -0.2) is 22.4 Å². The zero-order chi connectivity index (χ0) is 22.8. The van der Waals surface area contributed by atoms with Gasteiger partial charge in [0.05, 0.1) is 16.6 Å². The molecule has 0 radical (unpaired) electrons. The van der Waals surface area contributed by atoms with E-state index in [4.69, 9.17) is 21.2 Å². The number of carbonyl (C=O) groups excluding carboxylic acids is 2. The average Bonchev–Trinajstić information content (AvgIpc) is 3.10. The van der Waals surface area contributed by atoms with Crippen LogP contribution in [0.2, 0.25) is 5.02 Å². The molecule has 0 aliphatic heterocycles. The number of rotatable bonds is 5. The maximum Gasteiger partial charge on any atom is 0.412 e. The molecule has 6 nitrogen and oxygen atoms in total. The molecule has 1 aromatic heterocycles. The van der Waals surface area contributed by atoms with Crippen LogP contribution in [0.25, 0.3) is 10.9 Å². The van der Waals surface area contributed by atoms with E-state index >= 15 is 0 Å². The van der Waals surface area contributed by atoms with Crippen LogP contribution in [-0.2, 0) is 14.9 Å². The van der Waals surface area contributed by atoms with Crippen molar-refractivity contribution in [2.75, 3.05) is 5.32 Å². The second-order valence-electron chi connectivity index (χ2n) is 8.58. The van der Waals surface area contributed by atoms with Crippen molar-refractivity contribution in [1.29, 1.82) is 0 Å². The third-order valence-electron chi connectivity index (χ3n) is 5.15. The van der Waals surface area contributed by atoms with Crippen molar-refractivity contribution >= 4 is 40.3 Å². The molecule has 2 aromatic carbocycles. The van der Waals surface area contributed by atoms with E-state index < -0.39 is 17.1 Å². The Hall–Kier alpha value is -2.99. The van der Waals surface area contributed by atoms with Crippen molar-refractivity contribution in [2.45, 2.75) is 52.1 Å². The van der Waals surface area contributed by atoms with Gasteiger partial charge in [-0.25, -0.2) is 9.59 Å². The Morgan fingerprint density at radius 1 is 1.03 bits per heavy atom. The molecule has 3 rings (SSSR count). The molecule has 3 aromatic rings. The van der Waals surface area contributed by atoms with Crippen LogP contribution in [0.4, 0.5) is 10.5 Å². The summed E-state index contributed by atoms with van der Waals surface area (Å²) in [7, 11) is 0. The smallest absolute Gasteiger partial charge is 0.412 e. The molecule has 0 fully saturated rings. The number of fused-ring (bicyclic) bond motifs is 1. The first-order chi connectivity index (χ1) is 14.5. The first-order valence-electron chi connectivity index (χ1n) is 10.1. The van der Waals surface area contributed by atoms with Gasteiger partial charge in [-0.1, -0.05) is 36.7 Å². The minimum absolute atomic E-state index is 0.389. The first kappa shape index (κ1) is 22.7. The number of aromatic nitrogens is 1. The van der Waals surface area contributed by atoms with Gasteiger partial charge in [-0.2, -0.15) is 4.73 Å². The molecule has 1 N–H and O–H groups in total. The Morgan fingerprint density at radius 2 is 1.71 bits per heavy atom. The van der Waals surface area contributed by atoms with E-state index in [-0.39, 0.29) is 5.97 Å². The third-order valence-corrected chi connectivity index (χ3v) is 5.40. The summed E-state index contributed by atoms with van der Waals surface area (Å²) in [4.78, 5) is 31.1. The summed E-state index contributed by atoms with van der Waals surface area (Å²) in [5.74, 6) is -0.389. The molecule has 0 saturated heterocycles. The number of ether oxygens (including phenoxy) is 1. The van der Waals surface area contributed by atoms with Gasteiger partial charge in [-0.3, -0.25) is 5.32 Å². The van der Waals surface area contributed by atoms with E-state index in [0.717, 1.165) is 10.9 Å². The molecular weight excluding hydrogens is 416 g/mol. The van der Waals surface area contributed by atoms with Gasteiger partial charge >= 0.3 is 12.1 Å². The van der Waals surface area contributed by atoms with Gasteiger partial charge in [0.15, 0.2) is 0 Å². The summed E-state index contributed by atoms with van der Waals surface area (Å²) in [6.07, 6.45) is 1.66. The van der Waals surface area contributed by atoms with E-state index in [1.807, 2.05) is 32.0 Å². The monoisotopic (exact) mass is 442 g/mol. The number of nitrogens with one attached hydrogen (secondary N) is 1. The highest BCUT2D eigenvalue weighted by molar-refractivity contribution is 6.30. The summed E-state index contributed by atoms with van der Waals surface area (Å²) >= 11 is 5.99.